The number of hydrogen-bond donors (Lipinski definition) is 1. The third kappa shape index (κ3) is 4.79. The maximum absolute atomic E-state index is 12.7. The predicted molar refractivity (Wildman–Crippen MR) is 115 cm³/mol. The van der Waals surface area contributed by atoms with E-state index in [0.29, 0.717) is 13.0 Å². The van der Waals surface area contributed by atoms with Gasteiger partial charge in [0.25, 0.3) is 0 Å². The number of hydrogen-bond acceptors (Lipinski definition) is 2. The summed E-state index contributed by atoms with van der Waals surface area (Å²) in [6.45, 7) is 0.513. The van der Waals surface area contributed by atoms with Crippen molar-refractivity contribution in [2.45, 2.75) is 18.9 Å². The van der Waals surface area contributed by atoms with Gasteiger partial charge in [-0.2, -0.15) is 0 Å². The molecule has 0 fully saturated rings. The van der Waals surface area contributed by atoms with Crippen molar-refractivity contribution in [1.29, 1.82) is 0 Å². The zero-order valence-corrected chi connectivity index (χ0v) is 16.1. The molecule has 4 heteroatoms. The van der Waals surface area contributed by atoms with Crippen LogP contribution in [0.25, 0.3) is 5.69 Å². The molecule has 0 spiro atoms. The lowest BCUT2D eigenvalue weighted by Gasteiger charge is -2.18. The van der Waals surface area contributed by atoms with Gasteiger partial charge >= 0.3 is 0 Å². The Bertz CT molecular complexity index is 987. The number of rotatable bonds is 7. The van der Waals surface area contributed by atoms with E-state index in [1.165, 1.54) is 0 Å². The SMILES string of the molecule is O=C(CC(c1ccccc1)c1ccccc1)NCc1ccc(-n2ccnc2)cc1. The second-order valence-corrected chi connectivity index (χ2v) is 6.99. The molecule has 0 saturated heterocycles. The third-order valence-corrected chi connectivity index (χ3v) is 5.02. The van der Waals surface area contributed by atoms with E-state index in [4.69, 9.17) is 0 Å². The monoisotopic (exact) mass is 381 g/mol. The van der Waals surface area contributed by atoms with Crippen molar-refractivity contribution in [3.63, 3.8) is 0 Å². The van der Waals surface area contributed by atoms with Crippen molar-refractivity contribution >= 4 is 5.91 Å². The van der Waals surface area contributed by atoms with E-state index in [1.54, 1.807) is 12.5 Å². The number of aromatic nitrogens is 2. The van der Waals surface area contributed by atoms with Crippen LogP contribution in [0.5, 0.6) is 0 Å². The van der Waals surface area contributed by atoms with Crippen LogP contribution in [0.3, 0.4) is 0 Å². The highest BCUT2D eigenvalue weighted by Crippen LogP contribution is 2.27. The molecule has 0 aliphatic carbocycles. The molecule has 0 atom stereocenters. The molecule has 3 aromatic carbocycles. The normalized spacial score (nSPS) is 10.8. The first-order chi connectivity index (χ1) is 14.3. The molecule has 0 aliphatic rings. The van der Waals surface area contributed by atoms with E-state index in [9.17, 15) is 4.79 Å². The van der Waals surface area contributed by atoms with Crippen molar-refractivity contribution in [2.24, 2.45) is 0 Å². The molecule has 4 aromatic rings. The Morgan fingerprint density at radius 2 is 1.48 bits per heavy atom. The molecule has 29 heavy (non-hydrogen) atoms. The van der Waals surface area contributed by atoms with Gasteiger partial charge in [-0.3, -0.25) is 4.79 Å². The fourth-order valence-corrected chi connectivity index (χ4v) is 3.45. The largest absolute Gasteiger partial charge is 0.352 e. The second-order valence-electron chi connectivity index (χ2n) is 6.99. The number of nitrogens with one attached hydrogen (secondary N) is 1. The molecule has 144 valence electrons. The highest BCUT2D eigenvalue weighted by atomic mass is 16.1. The molecule has 1 aromatic heterocycles. The first kappa shape index (κ1) is 18.7. The summed E-state index contributed by atoms with van der Waals surface area (Å²) in [7, 11) is 0. The quantitative estimate of drug-likeness (QED) is 0.504. The molecular formula is C25H23N3O. The minimum atomic E-state index is 0.0426. The molecule has 0 bridgehead atoms. The summed E-state index contributed by atoms with van der Waals surface area (Å²) in [4.78, 5) is 16.8. The van der Waals surface area contributed by atoms with Crippen LogP contribution in [0.1, 0.15) is 29.0 Å². The summed E-state index contributed by atoms with van der Waals surface area (Å²) in [5.41, 5.74) is 4.42. The molecule has 1 N–H and O–H groups in total. The highest BCUT2D eigenvalue weighted by Gasteiger charge is 2.17. The van der Waals surface area contributed by atoms with Crippen molar-refractivity contribution in [1.82, 2.24) is 14.9 Å². The Morgan fingerprint density at radius 3 is 2.03 bits per heavy atom. The molecule has 0 aliphatic heterocycles. The standard InChI is InChI=1S/C25H23N3O/c29-25(27-18-20-11-13-23(14-12-20)28-16-15-26-19-28)17-24(21-7-3-1-4-8-21)22-9-5-2-6-10-22/h1-16,19,24H,17-18H2,(H,27,29). The predicted octanol–water partition coefficient (Wildman–Crippen LogP) is 4.71. The van der Waals surface area contributed by atoms with Crippen LogP contribution in [0.2, 0.25) is 0 Å². The Balaban J connectivity index is 1.41. The molecule has 0 saturated carbocycles. The van der Waals surface area contributed by atoms with Crippen molar-refractivity contribution in [3.05, 3.63) is 120 Å². The molecule has 1 heterocycles. The maximum Gasteiger partial charge on any atom is 0.221 e. The van der Waals surface area contributed by atoms with Gasteiger partial charge < -0.3 is 9.88 Å². The number of carbonyl (C=O) groups excluding carboxylic acids is 1. The third-order valence-electron chi connectivity index (χ3n) is 5.02. The van der Waals surface area contributed by atoms with Gasteiger partial charge in [-0.15, -0.1) is 0 Å². The van der Waals surface area contributed by atoms with Crippen LogP contribution < -0.4 is 5.32 Å². The summed E-state index contributed by atoms with van der Waals surface area (Å²) in [5.74, 6) is 0.0856. The van der Waals surface area contributed by atoms with Crippen LogP contribution in [-0.4, -0.2) is 15.5 Å². The van der Waals surface area contributed by atoms with Crippen molar-refractivity contribution in [2.75, 3.05) is 0 Å². The zero-order valence-electron chi connectivity index (χ0n) is 16.1. The maximum atomic E-state index is 12.7. The molecule has 4 nitrogen and oxygen atoms in total. The summed E-state index contributed by atoms with van der Waals surface area (Å²) < 4.78 is 1.95. The van der Waals surface area contributed by atoms with E-state index >= 15 is 0 Å². The van der Waals surface area contributed by atoms with Gasteiger partial charge in [0.2, 0.25) is 5.91 Å². The van der Waals surface area contributed by atoms with Gasteiger partial charge in [0.05, 0.1) is 6.33 Å². The lowest BCUT2D eigenvalue weighted by atomic mass is 9.88. The Hall–Kier alpha value is -3.66. The average Bonchev–Trinajstić information content (AvgIpc) is 3.33. The minimum absolute atomic E-state index is 0.0426. The Labute approximate surface area is 170 Å². The Morgan fingerprint density at radius 1 is 0.862 bits per heavy atom. The van der Waals surface area contributed by atoms with Gasteiger partial charge in [-0.1, -0.05) is 72.8 Å². The van der Waals surface area contributed by atoms with Crippen LogP contribution in [0.15, 0.2) is 104 Å². The molecule has 4 rings (SSSR count). The molecule has 1 amide bonds. The summed E-state index contributed by atoms with van der Waals surface area (Å²) >= 11 is 0. The summed E-state index contributed by atoms with van der Waals surface area (Å²) in [6, 6.07) is 28.5. The fourth-order valence-electron chi connectivity index (χ4n) is 3.45. The first-order valence-electron chi connectivity index (χ1n) is 9.73. The van der Waals surface area contributed by atoms with E-state index in [0.717, 1.165) is 22.4 Å². The van der Waals surface area contributed by atoms with Gasteiger partial charge in [-0.05, 0) is 28.8 Å². The lowest BCUT2D eigenvalue weighted by molar-refractivity contribution is -0.121. The van der Waals surface area contributed by atoms with E-state index in [-0.39, 0.29) is 11.8 Å². The van der Waals surface area contributed by atoms with Crippen molar-refractivity contribution in [3.8, 4) is 5.69 Å². The van der Waals surface area contributed by atoms with Gasteiger partial charge in [-0.25, -0.2) is 4.98 Å². The number of nitrogens with zero attached hydrogens (tertiary/aromatic N) is 2. The average molecular weight is 381 g/mol. The number of benzene rings is 3. The van der Waals surface area contributed by atoms with Crippen LogP contribution in [0.4, 0.5) is 0 Å². The minimum Gasteiger partial charge on any atom is -0.352 e. The topological polar surface area (TPSA) is 46.9 Å². The number of imidazole rings is 1. The first-order valence-corrected chi connectivity index (χ1v) is 9.73. The van der Waals surface area contributed by atoms with Gasteiger partial charge in [0.1, 0.15) is 0 Å². The van der Waals surface area contributed by atoms with Crippen LogP contribution >= 0.6 is 0 Å². The van der Waals surface area contributed by atoms with Gasteiger partial charge in [0.15, 0.2) is 0 Å². The van der Waals surface area contributed by atoms with E-state index < -0.39 is 0 Å². The van der Waals surface area contributed by atoms with Crippen LogP contribution in [0, 0.1) is 0 Å². The number of carbonyl (C=O) groups is 1. The van der Waals surface area contributed by atoms with Crippen LogP contribution in [-0.2, 0) is 11.3 Å². The smallest absolute Gasteiger partial charge is 0.221 e. The second kappa shape index (κ2) is 9.02. The summed E-state index contributed by atoms with van der Waals surface area (Å²) in [6.07, 6.45) is 5.85. The molecule has 0 radical (unpaired) electrons. The Kier molecular flexibility index (Phi) is 5.81. The van der Waals surface area contributed by atoms with E-state index in [2.05, 4.69) is 34.6 Å². The zero-order chi connectivity index (χ0) is 19.9. The summed E-state index contributed by atoms with van der Waals surface area (Å²) in [5, 5.41) is 3.07. The molecule has 0 unspecified atom stereocenters. The van der Waals surface area contributed by atoms with E-state index in [1.807, 2.05) is 71.4 Å². The molecular weight excluding hydrogens is 358 g/mol. The van der Waals surface area contributed by atoms with Gasteiger partial charge in [0, 0.05) is 37.0 Å². The number of amides is 1. The van der Waals surface area contributed by atoms with Crippen molar-refractivity contribution < 1.29 is 4.79 Å². The highest BCUT2D eigenvalue weighted by molar-refractivity contribution is 5.77. The fraction of sp³-hybridized carbons (Fsp3) is 0.120. The lowest BCUT2D eigenvalue weighted by Crippen LogP contribution is -2.25.